The number of rotatable bonds is 9. The molecular weight excluding hydrogens is 266 g/mol. The van der Waals surface area contributed by atoms with Crippen molar-refractivity contribution in [3.05, 3.63) is 29.6 Å². The molecule has 0 amide bonds. The minimum Gasteiger partial charge on any atom is -0.396 e. The molecule has 3 unspecified atom stereocenters. The summed E-state index contributed by atoms with van der Waals surface area (Å²) in [4.78, 5) is 0. The van der Waals surface area contributed by atoms with Gasteiger partial charge < -0.3 is 15.3 Å². The Morgan fingerprint density at radius 1 is 0.810 bits per heavy atom. The monoisotopic (exact) mass is 296 g/mol. The second kappa shape index (κ2) is 9.13. The first-order chi connectivity index (χ1) is 9.98. The number of hydrogen-bond acceptors (Lipinski definition) is 3. The standard InChI is InChI=1S/C17H30NO3/c1-13(10-19)4-16-6-17(5-14(2)11-20)9-18(8-16)7-15(3)12-21/h6,8-9,13-15,19-21H,4-5,7,10-12H2,1-3H3/q+1. The summed E-state index contributed by atoms with van der Waals surface area (Å²) in [5.41, 5.74) is 2.40. The van der Waals surface area contributed by atoms with Gasteiger partial charge in [0.2, 0.25) is 0 Å². The molecule has 0 bridgehead atoms. The number of aromatic nitrogens is 1. The van der Waals surface area contributed by atoms with E-state index in [4.69, 9.17) is 0 Å². The van der Waals surface area contributed by atoms with Gasteiger partial charge in [-0.15, -0.1) is 0 Å². The first-order valence-electron chi connectivity index (χ1n) is 7.82. The third kappa shape index (κ3) is 6.55. The van der Waals surface area contributed by atoms with E-state index >= 15 is 0 Å². The van der Waals surface area contributed by atoms with Crippen LogP contribution in [0.5, 0.6) is 0 Å². The number of pyridine rings is 1. The maximum absolute atomic E-state index is 9.23. The van der Waals surface area contributed by atoms with E-state index in [0.29, 0.717) is 0 Å². The molecule has 0 spiro atoms. The van der Waals surface area contributed by atoms with E-state index in [1.807, 2.05) is 20.8 Å². The van der Waals surface area contributed by atoms with Crippen LogP contribution in [0.15, 0.2) is 18.5 Å². The van der Waals surface area contributed by atoms with Crippen LogP contribution in [-0.4, -0.2) is 35.1 Å². The van der Waals surface area contributed by atoms with Crippen molar-refractivity contribution in [1.82, 2.24) is 0 Å². The highest BCUT2D eigenvalue weighted by molar-refractivity contribution is 5.16. The van der Waals surface area contributed by atoms with E-state index in [9.17, 15) is 15.3 Å². The van der Waals surface area contributed by atoms with Crippen molar-refractivity contribution in [2.24, 2.45) is 17.8 Å². The Bertz CT molecular complexity index is 348. The first-order valence-corrected chi connectivity index (χ1v) is 7.82. The van der Waals surface area contributed by atoms with Crippen LogP contribution in [0.4, 0.5) is 0 Å². The van der Waals surface area contributed by atoms with Gasteiger partial charge in [0.15, 0.2) is 18.9 Å². The van der Waals surface area contributed by atoms with Gasteiger partial charge >= 0.3 is 0 Å². The summed E-state index contributed by atoms with van der Waals surface area (Å²) in [5, 5.41) is 27.7. The van der Waals surface area contributed by atoms with Gasteiger partial charge in [0, 0.05) is 30.3 Å². The molecule has 0 aliphatic carbocycles. The van der Waals surface area contributed by atoms with Crippen LogP contribution >= 0.6 is 0 Å². The van der Waals surface area contributed by atoms with Gasteiger partial charge in [0.1, 0.15) is 0 Å². The van der Waals surface area contributed by atoms with E-state index < -0.39 is 0 Å². The fourth-order valence-corrected chi connectivity index (χ4v) is 2.46. The van der Waals surface area contributed by atoms with Crippen molar-refractivity contribution < 1.29 is 19.9 Å². The average Bonchev–Trinajstić information content (AvgIpc) is 2.46. The van der Waals surface area contributed by atoms with Crippen LogP contribution in [0.2, 0.25) is 0 Å². The van der Waals surface area contributed by atoms with Gasteiger partial charge in [-0.1, -0.05) is 20.8 Å². The molecular formula is C17H30NO3+. The molecule has 1 rings (SSSR count). The predicted molar refractivity (Wildman–Crippen MR) is 82.8 cm³/mol. The molecule has 4 heteroatoms. The van der Waals surface area contributed by atoms with E-state index in [1.165, 1.54) is 11.1 Å². The van der Waals surface area contributed by atoms with Crippen molar-refractivity contribution in [3.8, 4) is 0 Å². The number of nitrogens with zero attached hydrogens (tertiary/aromatic N) is 1. The van der Waals surface area contributed by atoms with Crippen LogP contribution in [0.3, 0.4) is 0 Å². The highest BCUT2D eigenvalue weighted by atomic mass is 16.3. The van der Waals surface area contributed by atoms with Gasteiger partial charge in [0.05, 0.1) is 6.61 Å². The molecule has 1 aromatic rings. The lowest BCUT2D eigenvalue weighted by atomic mass is 9.98. The summed E-state index contributed by atoms with van der Waals surface area (Å²) in [6.45, 7) is 7.40. The second-order valence-corrected chi connectivity index (χ2v) is 6.52. The molecule has 0 aliphatic heterocycles. The SMILES string of the molecule is CC(CO)Cc1cc(CC(C)CO)c[n+](CC(C)CO)c1. The lowest BCUT2D eigenvalue weighted by Crippen LogP contribution is -2.38. The second-order valence-electron chi connectivity index (χ2n) is 6.52. The Balaban J connectivity index is 2.95. The zero-order chi connectivity index (χ0) is 15.8. The minimum absolute atomic E-state index is 0.173. The fraction of sp³-hybridized carbons (Fsp3) is 0.706. The zero-order valence-electron chi connectivity index (χ0n) is 13.5. The van der Waals surface area contributed by atoms with Crippen molar-refractivity contribution in [2.75, 3.05) is 19.8 Å². The lowest BCUT2D eigenvalue weighted by molar-refractivity contribution is -0.703. The molecule has 0 radical (unpaired) electrons. The van der Waals surface area contributed by atoms with Crippen LogP contribution in [0, 0.1) is 17.8 Å². The summed E-state index contributed by atoms with van der Waals surface area (Å²) < 4.78 is 2.12. The highest BCUT2D eigenvalue weighted by Crippen LogP contribution is 2.12. The summed E-state index contributed by atoms with van der Waals surface area (Å²) in [7, 11) is 0. The molecule has 4 nitrogen and oxygen atoms in total. The van der Waals surface area contributed by atoms with Crippen molar-refractivity contribution in [3.63, 3.8) is 0 Å². The quantitative estimate of drug-likeness (QED) is 0.594. The van der Waals surface area contributed by atoms with Gasteiger partial charge in [-0.3, -0.25) is 0 Å². The fourth-order valence-electron chi connectivity index (χ4n) is 2.46. The van der Waals surface area contributed by atoms with Gasteiger partial charge in [-0.05, 0) is 30.7 Å². The first kappa shape index (κ1) is 18.1. The highest BCUT2D eigenvalue weighted by Gasteiger charge is 2.14. The number of aliphatic hydroxyl groups excluding tert-OH is 3. The Hall–Kier alpha value is -0.970. The molecule has 3 atom stereocenters. The lowest BCUT2D eigenvalue weighted by Gasteiger charge is -2.12. The van der Waals surface area contributed by atoms with E-state index in [-0.39, 0.29) is 37.6 Å². The minimum atomic E-state index is 0.173. The summed E-state index contributed by atoms with van der Waals surface area (Å²) in [5.74, 6) is 0.682. The largest absolute Gasteiger partial charge is 0.396 e. The molecule has 1 aromatic heterocycles. The molecule has 0 aliphatic rings. The molecule has 0 saturated carbocycles. The predicted octanol–water partition coefficient (Wildman–Crippen LogP) is 0.944. The Kier molecular flexibility index (Phi) is 7.86. The van der Waals surface area contributed by atoms with Gasteiger partial charge in [-0.25, -0.2) is 4.57 Å². The van der Waals surface area contributed by atoms with E-state index in [1.54, 1.807) is 0 Å². The summed E-state index contributed by atoms with van der Waals surface area (Å²) in [6, 6.07) is 2.17. The number of hydrogen-bond donors (Lipinski definition) is 3. The van der Waals surface area contributed by atoms with Crippen LogP contribution in [-0.2, 0) is 19.4 Å². The number of aliphatic hydroxyl groups is 3. The van der Waals surface area contributed by atoms with Crippen LogP contribution in [0.1, 0.15) is 31.9 Å². The smallest absolute Gasteiger partial charge is 0.172 e. The molecule has 0 saturated heterocycles. The Labute approximate surface area is 128 Å². The van der Waals surface area contributed by atoms with E-state index in [0.717, 1.165) is 19.4 Å². The van der Waals surface area contributed by atoms with Gasteiger partial charge in [0.25, 0.3) is 0 Å². The van der Waals surface area contributed by atoms with Crippen LogP contribution in [0.25, 0.3) is 0 Å². The van der Waals surface area contributed by atoms with Crippen molar-refractivity contribution in [2.45, 2.75) is 40.2 Å². The van der Waals surface area contributed by atoms with Crippen molar-refractivity contribution in [1.29, 1.82) is 0 Å². The maximum Gasteiger partial charge on any atom is 0.172 e. The summed E-state index contributed by atoms with van der Waals surface area (Å²) >= 11 is 0. The topological polar surface area (TPSA) is 64.6 Å². The Morgan fingerprint density at radius 2 is 1.24 bits per heavy atom. The Morgan fingerprint density at radius 3 is 1.62 bits per heavy atom. The van der Waals surface area contributed by atoms with E-state index in [2.05, 4.69) is 23.0 Å². The van der Waals surface area contributed by atoms with Gasteiger partial charge in [-0.2, -0.15) is 0 Å². The molecule has 1 heterocycles. The third-order valence-corrected chi connectivity index (χ3v) is 3.66. The average molecular weight is 296 g/mol. The third-order valence-electron chi connectivity index (χ3n) is 3.66. The molecule has 0 aromatic carbocycles. The zero-order valence-corrected chi connectivity index (χ0v) is 13.5. The normalized spacial score (nSPS) is 15.7. The van der Waals surface area contributed by atoms with Crippen molar-refractivity contribution >= 4 is 0 Å². The molecule has 21 heavy (non-hydrogen) atoms. The summed E-state index contributed by atoms with van der Waals surface area (Å²) in [6.07, 6.45) is 5.88. The molecule has 120 valence electrons. The molecule has 0 fully saturated rings. The van der Waals surface area contributed by atoms with Crippen LogP contribution < -0.4 is 4.57 Å². The maximum atomic E-state index is 9.23. The molecule has 3 N–H and O–H groups in total.